The number of benzene rings is 2. The first kappa shape index (κ1) is 23.3. The van der Waals surface area contributed by atoms with Gasteiger partial charge < -0.3 is 9.47 Å². The molecule has 30 heavy (non-hydrogen) atoms. The second kappa shape index (κ2) is 12.6. The van der Waals surface area contributed by atoms with Crippen LogP contribution in [-0.2, 0) is 14.3 Å². The van der Waals surface area contributed by atoms with Crippen LogP contribution in [0.3, 0.4) is 0 Å². The van der Waals surface area contributed by atoms with Gasteiger partial charge in [-0.1, -0.05) is 62.2 Å². The molecule has 6 nitrogen and oxygen atoms in total. The second-order valence-corrected chi connectivity index (χ2v) is 6.86. The number of hydrogen-bond donors (Lipinski definition) is 2. The third-order valence-electron chi connectivity index (χ3n) is 4.67. The van der Waals surface area contributed by atoms with Crippen molar-refractivity contribution in [1.29, 1.82) is 0 Å². The lowest BCUT2D eigenvalue weighted by Crippen LogP contribution is -2.40. The van der Waals surface area contributed by atoms with Gasteiger partial charge in [0.05, 0.1) is 0 Å². The minimum absolute atomic E-state index is 0.367. The van der Waals surface area contributed by atoms with Crippen molar-refractivity contribution in [2.75, 3.05) is 14.2 Å². The van der Waals surface area contributed by atoms with Crippen LogP contribution >= 0.6 is 0 Å². The average molecular weight is 411 g/mol. The number of allylic oxidation sites excluding steroid dienone is 1. The lowest BCUT2D eigenvalue weighted by atomic mass is 9.99. The normalized spacial score (nSPS) is 11.4. The van der Waals surface area contributed by atoms with Crippen molar-refractivity contribution in [3.05, 3.63) is 77.4 Å². The first-order chi connectivity index (χ1) is 14.6. The smallest absolute Gasteiger partial charge is 0.269 e. The summed E-state index contributed by atoms with van der Waals surface area (Å²) in [5.41, 5.74) is 8.09. The minimum Gasteiger partial charge on any atom is -0.352 e. The summed E-state index contributed by atoms with van der Waals surface area (Å²) >= 11 is 0. The summed E-state index contributed by atoms with van der Waals surface area (Å²) in [6, 6.07) is 16.6. The van der Waals surface area contributed by atoms with Gasteiger partial charge in [-0.05, 0) is 36.1 Å². The molecule has 0 saturated carbocycles. The Morgan fingerprint density at radius 3 is 2.17 bits per heavy atom. The van der Waals surface area contributed by atoms with Gasteiger partial charge in [-0.2, -0.15) is 0 Å². The van der Waals surface area contributed by atoms with Gasteiger partial charge >= 0.3 is 0 Å². The van der Waals surface area contributed by atoms with Gasteiger partial charge in [0, 0.05) is 31.4 Å². The SMILES string of the molecule is CCCCC/C(=C\C(=O)NNC(=O)c1ccc(C(OC)OC)cc1)c1ccccc1. The fraction of sp³-hybridized carbons (Fsp3) is 0.333. The topological polar surface area (TPSA) is 76.7 Å². The number of hydrogen-bond acceptors (Lipinski definition) is 4. The molecule has 160 valence electrons. The maximum Gasteiger partial charge on any atom is 0.269 e. The van der Waals surface area contributed by atoms with Gasteiger partial charge in [0.2, 0.25) is 0 Å². The Balaban J connectivity index is 1.99. The van der Waals surface area contributed by atoms with Crippen molar-refractivity contribution in [2.24, 2.45) is 0 Å². The number of unbranched alkanes of at least 4 members (excludes halogenated alkanes) is 2. The third-order valence-corrected chi connectivity index (χ3v) is 4.67. The Kier molecular flexibility index (Phi) is 9.77. The molecule has 0 saturated heterocycles. The lowest BCUT2D eigenvalue weighted by Gasteiger charge is -2.14. The molecule has 0 unspecified atom stereocenters. The fourth-order valence-corrected chi connectivity index (χ4v) is 3.06. The molecule has 6 heteroatoms. The van der Waals surface area contributed by atoms with Crippen LogP contribution in [0, 0.1) is 0 Å². The van der Waals surface area contributed by atoms with E-state index in [0.29, 0.717) is 5.56 Å². The molecule has 0 aliphatic rings. The van der Waals surface area contributed by atoms with E-state index in [1.54, 1.807) is 44.6 Å². The van der Waals surface area contributed by atoms with Crippen LogP contribution in [0.5, 0.6) is 0 Å². The summed E-state index contributed by atoms with van der Waals surface area (Å²) in [5.74, 6) is -0.768. The average Bonchev–Trinajstić information content (AvgIpc) is 2.79. The number of amides is 2. The van der Waals surface area contributed by atoms with Gasteiger partial charge in [0.15, 0.2) is 6.29 Å². The molecule has 0 fully saturated rings. The highest BCUT2D eigenvalue weighted by Gasteiger charge is 2.11. The zero-order valence-electron chi connectivity index (χ0n) is 17.8. The molecule has 0 bridgehead atoms. The Morgan fingerprint density at radius 1 is 0.900 bits per heavy atom. The molecule has 2 rings (SSSR count). The molecule has 0 aromatic heterocycles. The highest BCUT2D eigenvalue weighted by atomic mass is 16.7. The van der Waals surface area contributed by atoms with E-state index in [9.17, 15) is 9.59 Å². The molecule has 0 radical (unpaired) electrons. The molecule has 0 atom stereocenters. The first-order valence-electron chi connectivity index (χ1n) is 10.1. The molecule has 2 aromatic rings. The highest BCUT2D eigenvalue weighted by molar-refractivity contribution is 5.99. The number of ether oxygens (including phenoxy) is 2. The number of nitrogens with one attached hydrogen (secondary N) is 2. The number of carbonyl (C=O) groups is 2. The minimum atomic E-state index is -0.490. The monoisotopic (exact) mass is 410 g/mol. The zero-order chi connectivity index (χ0) is 21.8. The van der Waals surface area contributed by atoms with Crippen molar-refractivity contribution in [3.63, 3.8) is 0 Å². The Hall–Kier alpha value is -2.96. The maximum absolute atomic E-state index is 12.4. The van der Waals surface area contributed by atoms with Gasteiger partial charge in [-0.25, -0.2) is 0 Å². The van der Waals surface area contributed by atoms with Crippen LogP contribution < -0.4 is 10.9 Å². The molecule has 0 heterocycles. The van der Waals surface area contributed by atoms with E-state index in [1.165, 1.54) is 0 Å². The van der Waals surface area contributed by atoms with E-state index in [1.807, 2.05) is 30.3 Å². The van der Waals surface area contributed by atoms with E-state index in [-0.39, 0.29) is 5.91 Å². The molecule has 2 amide bonds. The summed E-state index contributed by atoms with van der Waals surface area (Å²) in [7, 11) is 3.09. The third kappa shape index (κ3) is 7.13. The molecule has 0 aliphatic carbocycles. The summed E-state index contributed by atoms with van der Waals surface area (Å²) in [6.07, 6.45) is 5.09. The van der Waals surface area contributed by atoms with Crippen LogP contribution in [-0.4, -0.2) is 26.0 Å². The largest absolute Gasteiger partial charge is 0.352 e. The summed E-state index contributed by atoms with van der Waals surface area (Å²) in [4.78, 5) is 24.7. The Morgan fingerprint density at radius 2 is 1.57 bits per heavy atom. The fourth-order valence-electron chi connectivity index (χ4n) is 3.06. The van der Waals surface area contributed by atoms with E-state index >= 15 is 0 Å². The standard InChI is InChI=1S/C24H30N2O4/c1-4-5-7-12-21(18-10-8-6-9-11-18)17-22(27)25-26-23(28)19-13-15-20(16-14-19)24(29-2)30-3/h6,8-11,13-17,24H,4-5,7,12H2,1-3H3,(H,25,27)(H,26,28)/b21-17+. The van der Waals surface area contributed by atoms with E-state index in [2.05, 4.69) is 17.8 Å². The van der Waals surface area contributed by atoms with Gasteiger partial charge in [-0.3, -0.25) is 20.4 Å². The van der Waals surface area contributed by atoms with Crippen molar-refractivity contribution in [2.45, 2.75) is 38.9 Å². The Bertz CT molecular complexity index is 828. The van der Waals surface area contributed by atoms with Crippen molar-refractivity contribution in [3.8, 4) is 0 Å². The van der Waals surface area contributed by atoms with Crippen LogP contribution in [0.1, 0.15) is 60.4 Å². The maximum atomic E-state index is 12.4. The summed E-state index contributed by atoms with van der Waals surface area (Å²) < 4.78 is 10.4. The van der Waals surface area contributed by atoms with E-state index in [4.69, 9.17) is 9.47 Å². The van der Waals surface area contributed by atoms with E-state index in [0.717, 1.165) is 42.4 Å². The zero-order valence-corrected chi connectivity index (χ0v) is 17.8. The van der Waals surface area contributed by atoms with Crippen LogP contribution in [0.2, 0.25) is 0 Å². The molecule has 2 N–H and O–H groups in total. The lowest BCUT2D eigenvalue weighted by molar-refractivity contribution is -0.117. The van der Waals surface area contributed by atoms with Gasteiger partial charge in [0.1, 0.15) is 0 Å². The van der Waals surface area contributed by atoms with Crippen molar-refractivity contribution in [1.82, 2.24) is 10.9 Å². The van der Waals surface area contributed by atoms with Crippen molar-refractivity contribution >= 4 is 17.4 Å². The molecule has 2 aromatic carbocycles. The van der Waals surface area contributed by atoms with Gasteiger partial charge in [0.25, 0.3) is 11.8 Å². The molecule has 0 aliphatic heterocycles. The highest BCUT2D eigenvalue weighted by Crippen LogP contribution is 2.21. The number of rotatable bonds is 10. The predicted octanol–water partition coefficient (Wildman–Crippen LogP) is 4.40. The predicted molar refractivity (Wildman–Crippen MR) is 117 cm³/mol. The van der Waals surface area contributed by atoms with Gasteiger partial charge in [-0.15, -0.1) is 0 Å². The quantitative estimate of drug-likeness (QED) is 0.263. The molecular formula is C24H30N2O4. The summed E-state index contributed by atoms with van der Waals surface area (Å²) in [6.45, 7) is 2.14. The number of carbonyl (C=O) groups excluding carboxylic acids is 2. The van der Waals surface area contributed by atoms with Crippen LogP contribution in [0.25, 0.3) is 5.57 Å². The van der Waals surface area contributed by atoms with Crippen molar-refractivity contribution < 1.29 is 19.1 Å². The van der Waals surface area contributed by atoms with Crippen LogP contribution in [0.15, 0.2) is 60.7 Å². The second-order valence-electron chi connectivity index (χ2n) is 6.86. The number of methoxy groups -OCH3 is 2. The number of hydrazine groups is 1. The summed E-state index contributed by atoms with van der Waals surface area (Å²) in [5, 5.41) is 0. The first-order valence-corrected chi connectivity index (χ1v) is 10.1. The van der Waals surface area contributed by atoms with E-state index < -0.39 is 12.2 Å². The van der Waals surface area contributed by atoms with Crippen LogP contribution in [0.4, 0.5) is 0 Å². The Labute approximate surface area is 178 Å². The molecule has 0 spiro atoms. The molecular weight excluding hydrogens is 380 g/mol.